The minimum Gasteiger partial charge on any atom is -0.495 e. The summed E-state index contributed by atoms with van der Waals surface area (Å²) in [5.41, 5.74) is 4.29. The van der Waals surface area contributed by atoms with Gasteiger partial charge in [-0.25, -0.2) is 14.6 Å². The third-order valence-electron chi connectivity index (χ3n) is 9.36. The highest BCUT2D eigenvalue weighted by Gasteiger charge is 2.56. The van der Waals surface area contributed by atoms with E-state index in [1.807, 2.05) is 63.2 Å². The number of rotatable bonds is 13. The second-order valence-electron chi connectivity index (χ2n) is 13.8. The summed E-state index contributed by atoms with van der Waals surface area (Å²) in [6.07, 6.45) is 0.147. The molecule has 2 bridgehead atoms. The second kappa shape index (κ2) is 15.8. The zero-order chi connectivity index (χ0) is 34.4. The Morgan fingerprint density at radius 2 is 1.73 bits per heavy atom. The van der Waals surface area contributed by atoms with Crippen molar-refractivity contribution in [3.05, 3.63) is 64.7 Å². The van der Waals surface area contributed by atoms with E-state index in [4.69, 9.17) is 35.3 Å². The van der Waals surface area contributed by atoms with Gasteiger partial charge in [-0.05, 0) is 47.9 Å². The van der Waals surface area contributed by atoms with Crippen LogP contribution in [0.25, 0.3) is 0 Å². The van der Waals surface area contributed by atoms with Gasteiger partial charge in [0.25, 0.3) is 5.91 Å². The molecule has 3 amide bonds. The zero-order valence-corrected chi connectivity index (χ0v) is 29.0. The summed E-state index contributed by atoms with van der Waals surface area (Å²) in [7, 11) is 2.82. The van der Waals surface area contributed by atoms with Gasteiger partial charge in [0.05, 0.1) is 32.5 Å². The molecule has 5 rings (SSSR count). The van der Waals surface area contributed by atoms with E-state index in [2.05, 4.69) is 16.1 Å². The van der Waals surface area contributed by atoms with Crippen molar-refractivity contribution in [2.24, 2.45) is 23.2 Å². The summed E-state index contributed by atoms with van der Waals surface area (Å²) in [6, 6.07) is 14.0. The molecular weight excluding hydrogens is 640 g/mol. The standard InChI is InChI=1S/C35H47ClN4O8/c1-35(2,3)30(38-33(42)45-5)31(41)39-40(18-21-9-7-6-8-10-21)14-13-24(15-22-11-12-28(44-4)27(36)16-22)37-34(43)48-29-23-17-25-26(29)20-47-32(25)46-19-23/h6-12,16,23-26,29-30,32H,13-15,17-20H2,1-5H3,(H,37,43)(H,38,42)(H,39,41)/t23?,24-,25?,26?,29-,30-,32?/m1/s1. The molecule has 2 heterocycles. The number of fused-ring (bicyclic) bond motifs is 1. The highest BCUT2D eigenvalue weighted by molar-refractivity contribution is 6.32. The monoisotopic (exact) mass is 686 g/mol. The van der Waals surface area contributed by atoms with Gasteiger partial charge in [-0.1, -0.05) is 68.8 Å². The van der Waals surface area contributed by atoms with Crippen LogP contribution in [0, 0.1) is 23.2 Å². The molecule has 262 valence electrons. The number of amides is 3. The molecule has 3 N–H and O–H groups in total. The van der Waals surface area contributed by atoms with Crippen LogP contribution >= 0.6 is 11.6 Å². The molecule has 1 aliphatic carbocycles. The first-order valence-electron chi connectivity index (χ1n) is 16.4. The first-order chi connectivity index (χ1) is 22.9. The van der Waals surface area contributed by atoms with Gasteiger partial charge < -0.3 is 34.3 Å². The SMILES string of the molecule is COC(=O)N[C@H](C(=O)NN(CC[C@H](Cc1ccc(OC)c(Cl)c1)NC(=O)O[C@@H]1C2COC3OCC1C3C2)Cc1ccccc1)C(C)(C)C. The molecule has 12 nitrogen and oxygen atoms in total. The molecule has 2 aromatic carbocycles. The summed E-state index contributed by atoms with van der Waals surface area (Å²) >= 11 is 6.45. The molecule has 7 atom stereocenters. The van der Waals surface area contributed by atoms with E-state index in [1.54, 1.807) is 18.2 Å². The maximum atomic E-state index is 13.6. The van der Waals surface area contributed by atoms with Crippen LogP contribution in [-0.2, 0) is 36.7 Å². The summed E-state index contributed by atoms with van der Waals surface area (Å²) in [4.78, 5) is 39.2. The number of hydrazine groups is 1. The Morgan fingerprint density at radius 3 is 2.42 bits per heavy atom. The van der Waals surface area contributed by atoms with Crippen LogP contribution in [0.15, 0.2) is 48.5 Å². The van der Waals surface area contributed by atoms with Gasteiger partial charge in [0, 0.05) is 36.9 Å². The van der Waals surface area contributed by atoms with E-state index in [0.717, 1.165) is 17.5 Å². The van der Waals surface area contributed by atoms with Crippen LogP contribution in [0.5, 0.6) is 5.75 Å². The topological polar surface area (TPSA) is 137 Å². The summed E-state index contributed by atoms with van der Waals surface area (Å²) < 4.78 is 27.8. The van der Waals surface area contributed by atoms with E-state index in [-0.39, 0.29) is 42.1 Å². The average molecular weight is 687 g/mol. The third kappa shape index (κ3) is 8.90. The number of ether oxygens (including phenoxy) is 5. The second-order valence-corrected chi connectivity index (χ2v) is 14.3. The van der Waals surface area contributed by atoms with Gasteiger partial charge in [0.15, 0.2) is 6.29 Å². The largest absolute Gasteiger partial charge is 0.495 e. The number of hydrogen-bond acceptors (Lipinski definition) is 9. The molecule has 3 aliphatic rings. The Labute approximate surface area is 287 Å². The lowest BCUT2D eigenvalue weighted by atomic mass is 9.86. The summed E-state index contributed by atoms with van der Waals surface area (Å²) in [6.45, 7) is 7.38. The molecule has 0 aromatic heterocycles. The molecule has 1 saturated carbocycles. The van der Waals surface area contributed by atoms with Gasteiger partial charge in [-0.15, -0.1) is 0 Å². The number of benzene rings is 2. The van der Waals surface area contributed by atoms with Crippen LogP contribution in [0.2, 0.25) is 5.02 Å². The van der Waals surface area contributed by atoms with Gasteiger partial charge in [0.2, 0.25) is 0 Å². The lowest BCUT2D eigenvalue weighted by Crippen LogP contribution is -2.57. The van der Waals surface area contributed by atoms with Crippen LogP contribution in [0.3, 0.4) is 0 Å². The van der Waals surface area contributed by atoms with Gasteiger partial charge >= 0.3 is 12.2 Å². The Balaban J connectivity index is 1.32. The predicted octanol–water partition coefficient (Wildman–Crippen LogP) is 4.69. The Kier molecular flexibility index (Phi) is 11.7. The first kappa shape index (κ1) is 35.7. The fraction of sp³-hybridized carbons (Fsp3) is 0.571. The smallest absolute Gasteiger partial charge is 0.407 e. The normalized spacial score (nSPS) is 24.0. The molecule has 0 radical (unpaired) electrons. The number of carbonyl (C=O) groups is 3. The highest BCUT2D eigenvalue weighted by Crippen LogP contribution is 2.49. The average Bonchev–Trinajstić information content (AvgIpc) is 3.58. The molecule has 4 unspecified atom stereocenters. The molecular formula is C35H47ClN4O8. The maximum Gasteiger partial charge on any atom is 0.407 e. The Bertz CT molecular complexity index is 1420. The summed E-state index contributed by atoms with van der Waals surface area (Å²) in [5.74, 6) is 0.691. The minimum absolute atomic E-state index is 0.123. The lowest BCUT2D eigenvalue weighted by Gasteiger charge is -2.33. The predicted molar refractivity (Wildman–Crippen MR) is 178 cm³/mol. The number of methoxy groups -OCH3 is 2. The number of halogens is 1. The molecule has 2 aromatic rings. The van der Waals surface area contributed by atoms with E-state index in [0.29, 0.717) is 49.9 Å². The zero-order valence-electron chi connectivity index (χ0n) is 28.2. The number of hydrogen-bond donors (Lipinski definition) is 3. The van der Waals surface area contributed by atoms with Crippen LogP contribution in [-0.4, -0.2) is 81.6 Å². The highest BCUT2D eigenvalue weighted by atomic mass is 35.5. The molecule has 3 fully saturated rings. The van der Waals surface area contributed by atoms with E-state index in [1.165, 1.54) is 7.11 Å². The van der Waals surface area contributed by atoms with Crippen molar-refractivity contribution < 1.29 is 38.1 Å². The molecule has 2 aliphatic heterocycles. The Morgan fingerprint density at radius 1 is 0.979 bits per heavy atom. The van der Waals surface area contributed by atoms with Crippen LogP contribution in [0.4, 0.5) is 9.59 Å². The fourth-order valence-corrected chi connectivity index (χ4v) is 7.16. The van der Waals surface area contributed by atoms with E-state index in [9.17, 15) is 14.4 Å². The Hall–Kier alpha value is -3.58. The number of nitrogens with zero attached hydrogens (tertiary/aromatic N) is 1. The van der Waals surface area contributed by atoms with Crippen molar-refractivity contribution in [1.82, 2.24) is 21.1 Å². The number of alkyl carbamates (subject to hydrolysis) is 2. The van der Waals surface area contributed by atoms with E-state index < -0.39 is 23.6 Å². The van der Waals surface area contributed by atoms with E-state index >= 15 is 0 Å². The first-order valence-corrected chi connectivity index (χ1v) is 16.8. The van der Waals surface area contributed by atoms with Crippen molar-refractivity contribution in [1.29, 1.82) is 0 Å². The summed E-state index contributed by atoms with van der Waals surface area (Å²) in [5, 5.41) is 8.03. The number of nitrogens with one attached hydrogen (secondary N) is 3. The van der Waals surface area contributed by atoms with Crippen molar-refractivity contribution in [2.75, 3.05) is 34.0 Å². The third-order valence-corrected chi connectivity index (χ3v) is 9.66. The molecule has 13 heteroatoms. The van der Waals surface area contributed by atoms with Gasteiger partial charge in [-0.2, -0.15) is 0 Å². The van der Waals surface area contributed by atoms with Crippen molar-refractivity contribution in [2.45, 2.75) is 71.1 Å². The molecule has 2 saturated heterocycles. The van der Waals surface area contributed by atoms with Crippen molar-refractivity contribution >= 4 is 29.7 Å². The number of carbonyl (C=O) groups excluding carboxylic acids is 3. The quantitative estimate of drug-likeness (QED) is 0.257. The molecule has 48 heavy (non-hydrogen) atoms. The van der Waals surface area contributed by atoms with Gasteiger partial charge in [-0.3, -0.25) is 10.2 Å². The minimum atomic E-state index is -0.873. The lowest BCUT2D eigenvalue weighted by molar-refractivity contribution is -0.169. The van der Waals surface area contributed by atoms with Crippen molar-refractivity contribution in [3.8, 4) is 5.75 Å². The molecule has 0 spiro atoms. The van der Waals surface area contributed by atoms with Gasteiger partial charge in [0.1, 0.15) is 17.9 Å². The van der Waals surface area contributed by atoms with Crippen LogP contribution < -0.4 is 20.8 Å². The maximum absolute atomic E-state index is 13.6. The van der Waals surface area contributed by atoms with Crippen molar-refractivity contribution in [3.63, 3.8) is 0 Å². The fourth-order valence-electron chi connectivity index (χ4n) is 6.88. The van der Waals surface area contributed by atoms with Crippen LogP contribution in [0.1, 0.15) is 44.7 Å².